The first-order valence-corrected chi connectivity index (χ1v) is 13.0. The van der Waals surface area contributed by atoms with Crippen molar-refractivity contribution < 1.29 is 9.59 Å². The van der Waals surface area contributed by atoms with E-state index in [0.717, 1.165) is 37.6 Å². The van der Waals surface area contributed by atoms with Crippen LogP contribution in [0.2, 0.25) is 0 Å². The Balaban J connectivity index is 1.29. The number of carbonyl (C=O) groups is 2. The minimum Gasteiger partial charge on any atom is -0.369 e. The number of hydrogen-bond donors (Lipinski definition) is 2. The number of piperidine rings is 1. The summed E-state index contributed by atoms with van der Waals surface area (Å²) in [5, 5.41) is 8.73. The van der Waals surface area contributed by atoms with Crippen molar-refractivity contribution in [1.82, 2.24) is 25.4 Å². The van der Waals surface area contributed by atoms with E-state index in [2.05, 4.69) is 27.1 Å². The van der Waals surface area contributed by atoms with E-state index in [0.29, 0.717) is 16.2 Å². The number of thiazole rings is 1. The molecule has 2 unspecified atom stereocenters. The topological polar surface area (TPSA) is 80.8 Å². The highest BCUT2D eigenvalue weighted by molar-refractivity contribution is 7.14. The summed E-state index contributed by atoms with van der Waals surface area (Å²) >= 11 is 1.31. The Morgan fingerprint density at radius 2 is 1.97 bits per heavy atom. The third kappa shape index (κ3) is 4.23. The number of fused-ring (bicyclic) bond motifs is 1. The number of rotatable bonds is 6. The molecule has 0 radical (unpaired) electrons. The highest BCUT2D eigenvalue weighted by Gasteiger charge is 2.45. The van der Waals surface area contributed by atoms with Crippen LogP contribution < -0.4 is 15.5 Å². The summed E-state index contributed by atoms with van der Waals surface area (Å²) in [6.45, 7) is 9.89. The number of nitrogens with one attached hydrogen (secondary N) is 2. The molecule has 3 saturated heterocycles. The highest BCUT2D eigenvalue weighted by Crippen LogP contribution is 2.41. The van der Waals surface area contributed by atoms with Crippen LogP contribution in [0.1, 0.15) is 30.3 Å². The second-order valence-electron chi connectivity index (χ2n) is 9.58. The Bertz CT molecular complexity index is 1130. The maximum Gasteiger partial charge on any atom is 0.327 e. The molecule has 9 heteroatoms. The van der Waals surface area contributed by atoms with Crippen molar-refractivity contribution >= 4 is 28.4 Å². The number of likely N-dealkylation sites (tertiary alicyclic amines) is 1. The molecule has 0 bridgehead atoms. The zero-order chi connectivity index (χ0) is 24.6. The summed E-state index contributed by atoms with van der Waals surface area (Å²) in [4.78, 5) is 36.3. The van der Waals surface area contributed by atoms with E-state index in [4.69, 9.17) is 0 Å². The van der Waals surface area contributed by atoms with Crippen LogP contribution in [0.5, 0.6) is 0 Å². The number of aromatic nitrogens is 1. The number of anilines is 1. The molecule has 35 heavy (non-hydrogen) atoms. The van der Waals surface area contributed by atoms with Gasteiger partial charge in [-0.25, -0.2) is 9.78 Å². The van der Waals surface area contributed by atoms with Crippen LogP contribution >= 0.6 is 11.3 Å². The molecule has 8 nitrogen and oxygen atoms in total. The third-order valence-electron chi connectivity index (χ3n) is 7.41. The van der Waals surface area contributed by atoms with Gasteiger partial charge in [0.05, 0.1) is 23.5 Å². The predicted octanol–water partition coefficient (Wildman–Crippen LogP) is 3.27. The maximum absolute atomic E-state index is 13.2. The Kier molecular flexibility index (Phi) is 6.37. The van der Waals surface area contributed by atoms with E-state index in [1.165, 1.54) is 24.2 Å². The fourth-order valence-corrected chi connectivity index (χ4v) is 6.29. The number of nitrogens with zero attached hydrogens (tertiary/aromatic N) is 4. The van der Waals surface area contributed by atoms with Crippen LogP contribution in [0.4, 0.5) is 9.93 Å². The zero-order valence-electron chi connectivity index (χ0n) is 20.2. The molecule has 1 aliphatic carbocycles. The molecule has 184 valence electrons. The average Bonchev–Trinajstić information content (AvgIpc) is 3.43. The Morgan fingerprint density at radius 1 is 1.26 bits per heavy atom. The van der Waals surface area contributed by atoms with E-state index >= 15 is 0 Å². The van der Waals surface area contributed by atoms with Gasteiger partial charge in [-0.2, -0.15) is 0 Å². The maximum atomic E-state index is 13.2. The van der Waals surface area contributed by atoms with E-state index in [9.17, 15) is 9.59 Å². The third-order valence-corrected chi connectivity index (χ3v) is 8.25. The van der Waals surface area contributed by atoms with Gasteiger partial charge in [0.15, 0.2) is 5.13 Å². The molecule has 1 aromatic heterocycles. The molecule has 2 N–H and O–H groups in total. The van der Waals surface area contributed by atoms with E-state index in [-0.39, 0.29) is 24.0 Å². The van der Waals surface area contributed by atoms with Crippen molar-refractivity contribution in [2.24, 2.45) is 5.41 Å². The van der Waals surface area contributed by atoms with Crippen LogP contribution in [0, 0.1) is 5.41 Å². The lowest BCUT2D eigenvalue weighted by Gasteiger charge is -2.54. The zero-order valence-corrected chi connectivity index (χ0v) is 21.1. The molecule has 0 saturated carbocycles. The van der Waals surface area contributed by atoms with Gasteiger partial charge >= 0.3 is 6.03 Å². The minimum atomic E-state index is -0.289. The average molecular weight is 493 g/mol. The van der Waals surface area contributed by atoms with Gasteiger partial charge in [-0.3, -0.25) is 9.69 Å². The lowest BCUT2D eigenvalue weighted by atomic mass is 9.72. The summed E-state index contributed by atoms with van der Waals surface area (Å²) in [5.41, 5.74) is 2.38. The summed E-state index contributed by atoms with van der Waals surface area (Å²) in [6.07, 6.45) is 15.9. The molecule has 5 rings (SSSR count). The number of likely N-dealkylation sites (N-methyl/N-ethyl adjacent to an activating group) is 1. The first-order chi connectivity index (χ1) is 17.0. The van der Waals surface area contributed by atoms with E-state index in [1.807, 2.05) is 43.4 Å². The normalized spacial score (nSPS) is 25.7. The van der Waals surface area contributed by atoms with Gasteiger partial charge in [-0.15, -0.1) is 11.3 Å². The minimum absolute atomic E-state index is 0.0327. The lowest BCUT2D eigenvalue weighted by Crippen LogP contribution is -2.59. The van der Waals surface area contributed by atoms with E-state index in [1.54, 1.807) is 28.3 Å². The second-order valence-corrected chi connectivity index (χ2v) is 10.4. The summed E-state index contributed by atoms with van der Waals surface area (Å²) in [7, 11) is 1.79. The Morgan fingerprint density at radius 3 is 2.66 bits per heavy atom. The van der Waals surface area contributed by atoms with Crippen LogP contribution in [0.25, 0.3) is 0 Å². The number of allylic oxidation sites excluding steroid dienone is 5. The van der Waals surface area contributed by atoms with Gasteiger partial charge in [0.1, 0.15) is 5.69 Å². The van der Waals surface area contributed by atoms with Gasteiger partial charge in [0.25, 0.3) is 5.91 Å². The highest BCUT2D eigenvalue weighted by atomic mass is 32.1. The van der Waals surface area contributed by atoms with Crippen LogP contribution in [0.3, 0.4) is 0 Å². The molecule has 3 aliphatic heterocycles. The summed E-state index contributed by atoms with van der Waals surface area (Å²) in [5.74, 6) is -0.289. The van der Waals surface area contributed by atoms with Crippen LogP contribution in [-0.4, -0.2) is 72.0 Å². The largest absolute Gasteiger partial charge is 0.369 e. The van der Waals surface area contributed by atoms with Crippen LogP contribution in [0.15, 0.2) is 65.9 Å². The van der Waals surface area contributed by atoms with Crippen molar-refractivity contribution in [3.63, 3.8) is 0 Å². The molecular weight excluding hydrogens is 460 g/mol. The number of carbonyl (C=O) groups excluding carboxylic acids is 2. The van der Waals surface area contributed by atoms with Crippen molar-refractivity contribution in [2.45, 2.75) is 31.8 Å². The standard InChI is InChI=1S/C26H32N6O2S/c1-4-8-20(31-16-26(17-31)11-13-27-14-12-26)18(5-2)28-23(33)19-15-35-24(29-19)32-22-10-7-6-9-21(22)30(3)25(32)34/h4-10,15,21-22,27H,1,11-14,16-17H2,2-3H3,(H,28,33)/b18-5+,20-8+. The summed E-state index contributed by atoms with van der Waals surface area (Å²) < 4.78 is 0. The Hall–Kier alpha value is -3.17. The van der Waals surface area contributed by atoms with Crippen molar-refractivity contribution in [3.8, 4) is 0 Å². The number of urea groups is 1. The molecule has 3 fully saturated rings. The van der Waals surface area contributed by atoms with Crippen LogP contribution in [-0.2, 0) is 0 Å². The van der Waals surface area contributed by atoms with E-state index < -0.39 is 0 Å². The SMILES string of the molecule is C=C/C=C(\C(=C/C)NC(=O)c1csc(N2C(=O)N(C)C3C=CC=CC32)n1)N1CC2(CCNCC2)C1. The fourth-order valence-electron chi connectivity index (χ4n) is 5.45. The van der Waals surface area contributed by atoms with Gasteiger partial charge in [-0.05, 0) is 38.9 Å². The number of hydrogen-bond acceptors (Lipinski definition) is 6. The summed E-state index contributed by atoms with van der Waals surface area (Å²) in [6, 6.07) is -0.274. The first kappa shape index (κ1) is 23.6. The smallest absolute Gasteiger partial charge is 0.327 e. The molecule has 2 atom stereocenters. The molecule has 1 aromatic rings. The molecule has 1 spiro atoms. The van der Waals surface area contributed by atoms with Gasteiger partial charge < -0.3 is 20.4 Å². The van der Waals surface area contributed by atoms with Crippen molar-refractivity contribution in [3.05, 3.63) is 71.6 Å². The fraction of sp³-hybridized carbons (Fsp3) is 0.423. The van der Waals surface area contributed by atoms with Crippen molar-refractivity contribution in [2.75, 3.05) is 38.1 Å². The van der Waals surface area contributed by atoms with Gasteiger partial charge in [0, 0.05) is 30.9 Å². The monoisotopic (exact) mass is 492 g/mol. The predicted molar refractivity (Wildman–Crippen MR) is 139 cm³/mol. The molecular formula is C26H32N6O2S. The number of amides is 3. The molecule has 0 aromatic carbocycles. The quantitative estimate of drug-likeness (QED) is 0.596. The van der Waals surface area contributed by atoms with Crippen molar-refractivity contribution in [1.29, 1.82) is 0 Å². The van der Waals surface area contributed by atoms with Gasteiger partial charge in [0.2, 0.25) is 0 Å². The molecule has 4 aliphatic rings. The second kappa shape index (κ2) is 9.47. The Labute approximate surface area is 210 Å². The van der Waals surface area contributed by atoms with Gasteiger partial charge in [-0.1, -0.05) is 43.0 Å². The molecule has 4 heterocycles. The first-order valence-electron chi connectivity index (χ1n) is 12.1. The molecule has 3 amide bonds. The lowest BCUT2D eigenvalue weighted by molar-refractivity contribution is 0.00342.